The Morgan fingerprint density at radius 3 is 1.28 bits per heavy atom. The Morgan fingerprint density at radius 2 is 0.917 bits per heavy atom. The maximum absolute atomic E-state index is 13.5. The summed E-state index contributed by atoms with van der Waals surface area (Å²) in [7, 11) is 0. The van der Waals surface area contributed by atoms with Gasteiger partial charge < -0.3 is 0 Å². The summed E-state index contributed by atoms with van der Waals surface area (Å²) >= 11 is 0. The minimum absolute atomic E-state index is 0.0592. The third-order valence-corrected chi connectivity index (χ3v) is 8.12. The SMILES string of the molecule is O=C(CCC(=O)C(CCc1ccccc1)N1CCCCC1)C(CCc1ccccc1)N1CCCCC1. The number of benzene rings is 2. The first-order valence-corrected chi connectivity index (χ1v) is 14.3. The highest BCUT2D eigenvalue weighted by atomic mass is 16.1. The molecule has 0 radical (unpaired) electrons. The molecule has 4 rings (SSSR count). The van der Waals surface area contributed by atoms with Gasteiger partial charge in [0.15, 0.2) is 0 Å². The van der Waals surface area contributed by atoms with Crippen LogP contribution in [0.4, 0.5) is 0 Å². The van der Waals surface area contributed by atoms with Crippen molar-refractivity contribution < 1.29 is 9.59 Å². The lowest BCUT2D eigenvalue weighted by atomic mass is 9.92. The van der Waals surface area contributed by atoms with Crippen molar-refractivity contribution in [3.63, 3.8) is 0 Å². The first-order chi connectivity index (χ1) is 17.7. The highest BCUT2D eigenvalue weighted by Crippen LogP contribution is 2.22. The highest BCUT2D eigenvalue weighted by Gasteiger charge is 2.30. The third kappa shape index (κ3) is 8.11. The van der Waals surface area contributed by atoms with E-state index in [1.807, 2.05) is 12.1 Å². The molecule has 2 unspecified atom stereocenters. The molecule has 0 bridgehead atoms. The van der Waals surface area contributed by atoms with Gasteiger partial charge in [0.25, 0.3) is 0 Å². The van der Waals surface area contributed by atoms with Crippen LogP contribution >= 0.6 is 0 Å². The van der Waals surface area contributed by atoms with Crippen molar-refractivity contribution in [1.29, 1.82) is 0 Å². The highest BCUT2D eigenvalue weighted by molar-refractivity contribution is 5.91. The fourth-order valence-corrected chi connectivity index (χ4v) is 6.03. The van der Waals surface area contributed by atoms with Gasteiger partial charge in [-0.3, -0.25) is 19.4 Å². The molecule has 4 nitrogen and oxygen atoms in total. The number of piperidine rings is 2. The van der Waals surface area contributed by atoms with Crippen molar-refractivity contribution in [3.05, 3.63) is 71.8 Å². The van der Waals surface area contributed by atoms with Crippen LogP contribution in [-0.4, -0.2) is 59.6 Å². The summed E-state index contributed by atoms with van der Waals surface area (Å²) in [6.45, 7) is 4.03. The first-order valence-electron chi connectivity index (χ1n) is 14.3. The molecule has 0 spiro atoms. The van der Waals surface area contributed by atoms with E-state index in [4.69, 9.17) is 0 Å². The molecule has 2 aliphatic rings. The van der Waals surface area contributed by atoms with Crippen LogP contribution in [-0.2, 0) is 22.4 Å². The van der Waals surface area contributed by atoms with Gasteiger partial charge in [-0.2, -0.15) is 0 Å². The summed E-state index contributed by atoms with van der Waals surface area (Å²) in [4.78, 5) is 31.9. The molecule has 194 valence electrons. The Balaban J connectivity index is 1.37. The van der Waals surface area contributed by atoms with Gasteiger partial charge in [-0.25, -0.2) is 0 Å². The lowest BCUT2D eigenvalue weighted by molar-refractivity contribution is -0.130. The zero-order valence-corrected chi connectivity index (χ0v) is 22.0. The predicted octanol–water partition coefficient (Wildman–Crippen LogP) is 5.88. The fourth-order valence-electron chi connectivity index (χ4n) is 6.03. The number of hydrogen-bond donors (Lipinski definition) is 0. The van der Waals surface area contributed by atoms with E-state index in [9.17, 15) is 9.59 Å². The average molecular weight is 489 g/mol. The van der Waals surface area contributed by atoms with Crippen LogP contribution in [0.2, 0.25) is 0 Å². The second kappa shape index (κ2) is 14.4. The number of hydrogen-bond acceptors (Lipinski definition) is 4. The van der Waals surface area contributed by atoms with E-state index in [1.165, 1.54) is 49.7 Å². The van der Waals surface area contributed by atoms with Crippen molar-refractivity contribution in [2.45, 2.75) is 89.1 Å². The maximum Gasteiger partial charge on any atom is 0.150 e. The van der Waals surface area contributed by atoms with Crippen LogP contribution in [0.25, 0.3) is 0 Å². The van der Waals surface area contributed by atoms with Crippen LogP contribution in [0.1, 0.15) is 75.3 Å². The summed E-state index contributed by atoms with van der Waals surface area (Å²) in [5.41, 5.74) is 2.57. The number of rotatable bonds is 13. The number of carbonyl (C=O) groups is 2. The lowest BCUT2D eigenvalue weighted by Gasteiger charge is -2.35. The molecule has 2 aromatic carbocycles. The van der Waals surface area contributed by atoms with Crippen LogP contribution in [0, 0.1) is 0 Å². The zero-order chi connectivity index (χ0) is 25.0. The van der Waals surface area contributed by atoms with Crippen LogP contribution in [0.5, 0.6) is 0 Å². The summed E-state index contributed by atoms with van der Waals surface area (Å²) in [5.74, 6) is 0.531. The van der Waals surface area contributed by atoms with Crippen molar-refractivity contribution in [2.75, 3.05) is 26.2 Å². The number of likely N-dealkylation sites (tertiary alicyclic amines) is 2. The average Bonchev–Trinajstić information content (AvgIpc) is 2.94. The van der Waals surface area contributed by atoms with Crippen molar-refractivity contribution in [1.82, 2.24) is 9.80 Å². The smallest absolute Gasteiger partial charge is 0.150 e. The third-order valence-electron chi connectivity index (χ3n) is 8.12. The predicted molar refractivity (Wildman–Crippen MR) is 147 cm³/mol. The van der Waals surface area contributed by atoms with E-state index in [2.05, 4.69) is 58.3 Å². The number of carbonyl (C=O) groups excluding carboxylic acids is 2. The van der Waals surface area contributed by atoms with Gasteiger partial charge in [-0.15, -0.1) is 0 Å². The zero-order valence-electron chi connectivity index (χ0n) is 22.0. The molecule has 0 saturated carbocycles. The quantitative estimate of drug-likeness (QED) is 0.353. The Morgan fingerprint density at radius 1 is 0.556 bits per heavy atom. The van der Waals surface area contributed by atoms with Gasteiger partial charge in [0, 0.05) is 12.8 Å². The van der Waals surface area contributed by atoms with Crippen LogP contribution in [0.15, 0.2) is 60.7 Å². The molecular weight excluding hydrogens is 444 g/mol. The van der Waals surface area contributed by atoms with Gasteiger partial charge in [0.1, 0.15) is 11.6 Å². The molecule has 0 amide bonds. The molecule has 2 heterocycles. The van der Waals surface area contributed by atoms with Crippen molar-refractivity contribution >= 4 is 11.6 Å². The Labute approximate surface area is 218 Å². The monoisotopic (exact) mass is 488 g/mol. The van der Waals surface area contributed by atoms with Gasteiger partial charge in [0.05, 0.1) is 12.1 Å². The summed E-state index contributed by atoms with van der Waals surface area (Å²) in [5, 5.41) is 0. The number of nitrogens with zero attached hydrogens (tertiary/aromatic N) is 2. The maximum atomic E-state index is 13.5. The van der Waals surface area contributed by atoms with Crippen LogP contribution in [0.3, 0.4) is 0 Å². The first kappa shape index (κ1) is 26.8. The Hall–Kier alpha value is -2.30. The van der Waals surface area contributed by atoms with Crippen molar-refractivity contribution in [2.24, 2.45) is 0 Å². The molecule has 2 atom stereocenters. The molecule has 2 aromatic rings. The van der Waals surface area contributed by atoms with E-state index in [0.29, 0.717) is 12.8 Å². The van der Waals surface area contributed by atoms with E-state index < -0.39 is 0 Å². The van der Waals surface area contributed by atoms with Crippen molar-refractivity contribution in [3.8, 4) is 0 Å². The van der Waals surface area contributed by atoms with E-state index in [1.54, 1.807) is 0 Å². The molecule has 0 N–H and O–H groups in total. The lowest BCUT2D eigenvalue weighted by Crippen LogP contribution is -2.46. The minimum atomic E-state index is -0.0592. The van der Waals surface area contributed by atoms with E-state index in [0.717, 1.165) is 51.9 Å². The molecule has 2 aliphatic heterocycles. The fraction of sp³-hybridized carbons (Fsp3) is 0.562. The molecule has 36 heavy (non-hydrogen) atoms. The van der Waals surface area contributed by atoms with E-state index in [-0.39, 0.29) is 23.7 Å². The molecule has 4 heteroatoms. The van der Waals surface area contributed by atoms with Gasteiger partial charge in [-0.1, -0.05) is 73.5 Å². The van der Waals surface area contributed by atoms with E-state index >= 15 is 0 Å². The number of aryl methyl sites for hydroxylation is 2. The molecule has 2 fully saturated rings. The van der Waals surface area contributed by atoms with Gasteiger partial charge >= 0.3 is 0 Å². The summed E-state index contributed by atoms with van der Waals surface area (Å²) < 4.78 is 0. The normalized spacial score (nSPS) is 19.0. The number of Topliss-reactive ketones (excluding diaryl/α,β-unsaturated/α-hetero) is 2. The van der Waals surface area contributed by atoms with Gasteiger partial charge in [0.2, 0.25) is 0 Å². The Bertz CT molecular complexity index is 840. The number of ketones is 2. The molecule has 0 aliphatic carbocycles. The second-order valence-electron chi connectivity index (χ2n) is 10.7. The summed E-state index contributed by atoms with van der Waals surface area (Å²) in [6.07, 6.45) is 11.5. The summed E-state index contributed by atoms with van der Waals surface area (Å²) in [6, 6.07) is 20.8. The molecule has 0 aromatic heterocycles. The van der Waals surface area contributed by atoms with Gasteiger partial charge in [-0.05, 0) is 88.7 Å². The standard InChI is InChI=1S/C32H44N2O2/c35-31(29(33-23-9-3-10-24-33)19-17-27-13-5-1-6-14-27)21-22-32(36)30(34-25-11-4-12-26-34)20-18-28-15-7-2-8-16-28/h1-2,5-8,13-16,29-30H,3-4,9-12,17-26H2. The minimum Gasteiger partial charge on any atom is -0.298 e. The second-order valence-corrected chi connectivity index (χ2v) is 10.7. The molecular formula is C32H44N2O2. The Kier molecular flexibility index (Phi) is 10.7. The molecule has 2 saturated heterocycles. The largest absolute Gasteiger partial charge is 0.298 e. The van der Waals surface area contributed by atoms with Crippen LogP contribution < -0.4 is 0 Å². The topological polar surface area (TPSA) is 40.6 Å².